The first kappa shape index (κ1) is 10.7. The predicted octanol–water partition coefficient (Wildman–Crippen LogP) is 2.71. The minimum Gasteiger partial charge on any atom is -0.268 e. The van der Waals surface area contributed by atoms with Crippen molar-refractivity contribution in [1.29, 1.82) is 5.41 Å². The average molecular weight is 233 g/mol. The predicted molar refractivity (Wildman–Crippen MR) is 48.3 cm³/mol. The number of nitrogens with zero attached hydrogens (tertiary/aromatic N) is 2. The number of rotatable bonds is 2. The molecule has 0 aliphatic carbocycles. The van der Waals surface area contributed by atoms with Gasteiger partial charge in [0.2, 0.25) is 5.62 Å². The molecule has 1 aromatic carbocycles. The minimum atomic E-state index is -3.02. The lowest BCUT2D eigenvalue weighted by atomic mass is 10.3. The monoisotopic (exact) mass is 233 g/mol. The summed E-state index contributed by atoms with van der Waals surface area (Å²) in [7, 11) is 0. The molecule has 0 aliphatic heterocycles. The number of imidazole rings is 1. The van der Waals surface area contributed by atoms with Gasteiger partial charge in [-0.15, -0.1) is 0 Å². The lowest BCUT2D eigenvalue weighted by molar-refractivity contribution is 0.0493. The molecule has 0 saturated heterocycles. The fraction of sp³-hybridized carbons (Fsp3) is 0.222. The highest BCUT2D eigenvalue weighted by atomic mass is 19.3. The second kappa shape index (κ2) is 3.66. The minimum absolute atomic E-state index is 0.0807. The average Bonchev–Trinajstić information content (AvgIpc) is 2.49. The highest BCUT2D eigenvalue weighted by Gasteiger charge is 2.20. The van der Waals surface area contributed by atoms with Crippen molar-refractivity contribution in [3.8, 4) is 0 Å². The van der Waals surface area contributed by atoms with Crippen molar-refractivity contribution in [2.45, 2.75) is 13.1 Å². The molecule has 1 aromatic heterocycles. The van der Waals surface area contributed by atoms with Gasteiger partial charge < -0.3 is 0 Å². The Kier molecular flexibility index (Phi) is 2.45. The van der Waals surface area contributed by atoms with E-state index in [0.717, 1.165) is 0 Å². The van der Waals surface area contributed by atoms with Crippen LogP contribution >= 0.6 is 0 Å². The molecular weight excluding hydrogens is 226 g/mol. The smallest absolute Gasteiger partial charge is 0.268 e. The van der Waals surface area contributed by atoms with Crippen molar-refractivity contribution in [2.75, 3.05) is 0 Å². The van der Waals surface area contributed by atoms with Crippen molar-refractivity contribution in [3.05, 3.63) is 29.9 Å². The first-order valence-corrected chi connectivity index (χ1v) is 4.36. The summed E-state index contributed by atoms with van der Waals surface area (Å²) in [4.78, 5) is 0. The number of alkyl halides is 4. The molecule has 0 bridgehead atoms. The van der Waals surface area contributed by atoms with Gasteiger partial charge in [0, 0.05) is 0 Å². The maximum atomic E-state index is 12.6. The van der Waals surface area contributed by atoms with Crippen molar-refractivity contribution in [3.63, 3.8) is 0 Å². The Morgan fingerprint density at radius 3 is 1.56 bits per heavy atom. The third-order valence-corrected chi connectivity index (χ3v) is 2.25. The van der Waals surface area contributed by atoms with Crippen LogP contribution in [0.3, 0.4) is 0 Å². The van der Waals surface area contributed by atoms with Gasteiger partial charge in [0.15, 0.2) is 0 Å². The number of benzene rings is 1. The second-order valence-corrected chi connectivity index (χ2v) is 3.11. The molecule has 2 rings (SSSR count). The summed E-state index contributed by atoms with van der Waals surface area (Å²) in [5.41, 5.74) is -1.07. The summed E-state index contributed by atoms with van der Waals surface area (Å²) in [6, 6.07) is 5.46. The Bertz CT molecular complexity index is 522. The third-order valence-electron chi connectivity index (χ3n) is 2.25. The Labute approximate surface area is 87.0 Å². The van der Waals surface area contributed by atoms with Gasteiger partial charge in [-0.05, 0) is 12.1 Å². The first-order chi connectivity index (χ1) is 7.54. The molecule has 7 heteroatoms. The number of para-hydroxylation sites is 2. The molecule has 86 valence electrons. The van der Waals surface area contributed by atoms with Gasteiger partial charge in [0.05, 0.1) is 11.0 Å². The van der Waals surface area contributed by atoms with Crippen LogP contribution < -0.4 is 5.62 Å². The molecule has 0 amide bonds. The SMILES string of the molecule is N=c1n(C(F)F)c2ccccc2n1C(F)F. The molecule has 16 heavy (non-hydrogen) atoms. The summed E-state index contributed by atoms with van der Waals surface area (Å²) in [5.74, 6) is 0. The van der Waals surface area contributed by atoms with Crippen LogP contribution in [0.2, 0.25) is 0 Å². The third kappa shape index (κ3) is 1.39. The number of hydrogen-bond acceptors (Lipinski definition) is 1. The van der Waals surface area contributed by atoms with Crippen LogP contribution in [0.1, 0.15) is 13.1 Å². The van der Waals surface area contributed by atoms with Crippen LogP contribution in [0.15, 0.2) is 24.3 Å². The molecular formula is C9H7F4N3. The van der Waals surface area contributed by atoms with E-state index < -0.39 is 18.7 Å². The van der Waals surface area contributed by atoms with Crippen molar-refractivity contribution in [1.82, 2.24) is 9.13 Å². The van der Waals surface area contributed by atoms with E-state index in [0.29, 0.717) is 0 Å². The first-order valence-electron chi connectivity index (χ1n) is 4.36. The van der Waals surface area contributed by atoms with E-state index in [2.05, 4.69) is 0 Å². The zero-order valence-corrected chi connectivity index (χ0v) is 7.87. The molecule has 0 spiro atoms. The Morgan fingerprint density at radius 1 is 0.875 bits per heavy atom. The van der Waals surface area contributed by atoms with Crippen LogP contribution in [0, 0.1) is 5.41 Å². The summed E-state index contributed by atoms with van der Waals surface area (Å²) in [6.07, 6.45) is 0. The van der Waals surface area contributed by atoms with E-state index >= 15 is 0 Å². The van der Waals surface area contributed by atoms with Crippen LogP contribution in [-0.4, -0.2) is 9.13 Å². The summed E-state index contributed by atoms with van der Waals surface area (Å²) < 4.78 is 51.0. The van der Waals surface area contributed by atoms with Gasteiger partial charge in [-0.2, -0.15) is 17.6 Å². The fourth-order valence-electron chi connectivity index (χ4n) is 1.61. The zero-order chi connectivity index (χ0) is 11.9. The van der Waals surface area contributed by atoms with Crippen LogP contribution in [0.25, 0.3) is 11.0 Å². The summed E-state index contributed by atoms with van der Waals surface area (Å²) >= 11 is 0. The topological polar surface area (TPSA) is 33.7 Å². The van der Waals surface area contributed by atoms with Gasteiger partial charge in [0.25, 0.3) is 0 Å². The lowest BCUT2D eigenvalue weighted by Gasteiger charge is -2.01. The molecule has 0 radical (unpaired) electrons. The number of halogens is 4. The molecule has 0 saturated carbocycles. The van der Waals surface area contributed by atoms with E-state index in [9.17, 15) is 17.6 Å². The van der Waals surface area contributed by atoms with Gasteiger partial charge in [-0.3, -0.25) is 14.5 Å². The standard InChI is InChI=1S/C9H7F4N3/c10-7(11)15-5-3-1-2-4-6(5)16(8(12)13)9(15)14/h1-4,7-8,14H. The van der Waals surface area contributed by atoms with Crippen LogP contribution in [0.4, 0.5) is 17.6 Å². The van der Waals surface area contributed by atoms with Gasteiger partial charge in [-0.25, -0.2) is 0 Å². The molecule has 0 aliphatic rings. The highest BCUT2D eigenvalue weighted by Crippen LogP contribution is 2.22. The van der Waals surface area contributed by atoms with E-state index in [-0.39, 0.29) is 20.2 Å². The highest BCUT2D eigenvalue weighted by molar-refractivity contribution is 5.76. The molecule has 0 fully saturated rings. The van der Waals surface area contributed by atoms with Gasteiger partial charge >= 0.3 is 13.1 Å². The number of nitrogens with one attached hydrogen (secondary N) is 1. The molecule has 1 heterocycles. The van der Waals surface area contributed by atoms with Crippen molar-refractivity contribution >= 4 is 11.0 Å². The van der Waals surface area contributed by atoms with E-state index in [1.165, 1.54) is 24.3 Å². The van der Waals surface area contributed by atoms with Crippen molar-refractivity contribution in [2.24, 2.45) is 0 Å². The summed E-state index contributed by atoms with van der Waals surface area (Å²) in [6.45, 7) is -6.03. The fourth-order valence-corrected chi connectivity index (χ4v) is 1.61. The van der Waals surface area contributed by atoms with Crippen molar-refractivity contribution < 1.29 is 17.6 Å². The van der Waals surface area contributed by atoms with E-state index in [1.54, 1.807) is 0 Å². The number of aromatic nitrogens is 2. The van der Waals surface area contributed by atoms with Crippen LogP contribution in [-0.2, 0) is 0 Å². The van der Waals surface area contributed by atoms with E-state index in [4.69, 9.17) is 5.41 Å². The normalized spacial score (nSPS) is 11.9. The maximum Gasteiger partial charge on any atom is 0.321 e. The molecule has 3 nitrogen and oxygen atoms in total. The lowest BCUT2D eigenvalue weighted by Crippen LogP contribution is -2.25. The Balaban J connectivity index is 2.92. The van der Waals surface area contributed by atoms with Gasteiger partial charge in [-0.1, -0.05) is 12.1 Å². The summed E-state index contributed by atoms with van der Waals surface area (Å²) in [5, 5.41) is 7.30. The largest absolute Gasteiger partial charge is 0.321 e. The molecule has 0 atom stereocenters. The number of hydrogen-bond donors (Lipinski definition) is 1. The van der Waals surface area contributed by atoms with E-state index in [1.807, 2.05) is 0 Å². The molecule has 1 N–H and O–H groups in total. The quantitative estimate of drug-likeness (QED) is 0.774. The Morgan fingerprint density at radius 2 is 1.25 bits per heavy atom. The maximum absolute atomic E-state index is 12.6. The van der Waals surface area contributed by atoms with Crippen LogP contribution in [0.5, 0.6) is 0 Å². The second-order valence-electron chi connectivity index (χ2n) is 3.11. The Hall–Kier alpha value is -1.79. The van der Waals surface area contributed by atoms with Gasteiger partial charge in [0.1, 0.15) is 0 Å². The zero-order valence-electron chi connectivity index (χ0n) is 7.87. The molecule has 2 aromatic rings. The number of fused-ring (bicyclic) bond motifs is 1. The molecule has 0 unspecified atom stereocenters.